The van der Waals surface area contributed by atoms with E-state index in [2.05, 4.69) is 0 Å². The largest absolute Gasteiger partial charge is 0.493 e. The van der Waals surface area contributed by atoms with Gasteiger partial charge in [0.05, 0.1) is 18.9 Å². The number of carboxylic acids is 1. The Kier molecular flexibility index (Phi) is 3.68. The predicted molar refractivity (Wildman–Crippen MR) is 61.1 cm³/mol. The van der Waals surface area contributed by atoms with E-state index < -0.39 is 25.2 Å². The van der Waals surface area contributed by atoms with Crippen LogP contribution in [0.15, 0.2) is 24.3 Å². The van der Waals surface area contributed by atoms with Gasteiger partial charge < -0.3 is 9.84 Å². The molecule has 6 heteroatoms. The minimum absolute atomic E-state index is 0.0522. The summed E-state index contributed by atoms with van der Waals surface area (Å²) < 4.78 is 40.9. The molecule has 0 unspecified atom stereocenters. The van der Waals surface area contributed by atoms with Crippen LogP contribution < -0.4 is 4.74 Å². The second kappa shape index (κ2) is 5.11. The van der Waals surface area contributed by atoms with Crippen LogP contribution >= 0.6 is 0 Å². The predicted octanol–water partition coefficient (Wildman–Crippen LogP) is 3.21. The first kappa shape index (κ1) is 13.7. The monoisotopic (exact) mass is 274 g/mol. The summed E-state index contributed by atoms with van der Waals surface area (Å²) in [5.41, 5.74) is 0.803. The lowest BCUT2D eigenvalue weighted by Crippen LogP contribution is -2.13. The summed E-state index contributed by atoms with van der Waals surface area (Å²) in [7, 11) is 0. The molecule has 2 rings (SSSR count). The van der Waals surface area contributed by atoms with Crippen LogP contribution in [-0.2, 0) is 4.79 Å². The smallest absolute Gasteiger partial charge is 0.392 e. The Morgan fingerprint density at radius 1 is 1.42 bits per heavy atom. The highest BCUT2D eigenvalue weighted by Crippen LogP contribution is 2.48. The van der Waals surface area contributed by atoms with E-state index in [1.165, 1.54) is 0 Å². The number of carbonyl (C=O) groups is 1. The summed E-state index contributed by atoms with van der Waals surface area (Å²) in [6, 6.07) is 6.61. The standard InChI is InChI=1S/C13H13F3O3/c14-13(15,16)4-5-19-9-3-1-2-8(6-9)10-7-11(10)12(17)18/h1-3,6,10-11H,4-5,7H2,(H,17,18)/t10-,11-/m0/s1. The molecule has 0 amide bonds. The fourth-order valence-corrected chi connectivity index (χ4v) is 1.96. The molecular weight excluding hydrogens is 261 g/mol. The van der Waals surface area contributed by atoms with Gasteiger partial charge in [-0.3, -0.25) is 4.79 Å². The quantitative estimate of drug-likeness (QED) is 0.896. The topological polar surface area (TPSA) is 46.5 Å². The van der Waals surface area contributed by atoms with Crippen LogP contribution in [-0.4, -0.2) is 23.9 Å². The van der Waals surface area contributed by atoms with Crippen molar-refractivity contribution >= 4 is 5.97 Å². The van der Waals surface area contributed by atoms with E-state index in [0.29, 0.717) is 12.2 Å². The van der Waals surface area contributed by atoms with Gasteiger partial charge in [-0.05, 0) is 30.0 Å². The van der Waals surface area contributed by atoms with Crippen LogP contribution in [0.25, 0.3) is 0 Å². The molecule has 0 aromatic heterocycles. The lowest BCUT2D eigenvalue weighted by atomic mass is 10.1. The number of hydrogen-bond donors (Lipinski definition) is 1. The van der Waals surface area contributed by atoms with Crippen molar-refractivity contribution in [1.82, 2.24) is 0 Å². The number of aliphatic carboxylic acids is 1. The number of halogens is 3. The van der Waals surface area contributed by atoms with E-state index in [-0.39, 0.29) is 11.8 Å². The van der Waals surface area contributed by atoms with Crippen molar-refractivity contribution in [1.29, 1.82) is 0 Å². The molecule has 19 heavy (non-hydrogen) atoms. The molecule has 2 atom stereocenters. The van der Waals surface area contributed by atoms with Gasteiger partial charge in [0.1, 0.15) is 5.75 Å². The molecule has 0 saturated heterocycles. The zero-order valence-corrected chi connectivity index (χ0v) is 9.98. The van der Waals surface area contributed by atoms with E-state index in [0.717, 1.165) is 5.56 Å². The summed E-state index contributed by atoms with van der Waals surface area (Å²) in [6.45, 7) is -0.431. The number of rotatable bonds is 5. The number of alkyl halides is 3. The van der Waals surface area contributed by atoms with Crippen molar-refractivity contribution in [2.24, 2.45) is 5.92 Å². The van der Waals surface area contributed by atoms with E-state index in [9.17, 15) is 18.0 Å². The molecule has 1 saturated carbocycles. The fourth-order valence-electron chi connectivity index (χ4n) is 1.96. The highest BCUT2D eigenvalue weighted by atomic mass is 19.4. The van der Waals surface area contributed by atoms with Crippen molar-refractivity contribution in [2.45, 2.75) is 24.9 Å². The van der Waals surface area contributed by atoms with Crippen molar-refractivity contribution in [2.75, 3.05) is 6.61 Å². The maximum atomic E-state index is 12.0. The molecule has 0 radical (unpaired) electrons. The molecule has 1 fully saturated rings. The first-order valence-electron chi connectivity index (χ1n) is 5.89. The summed E-state index contributed by atoms with van der Waals surface area (Å²) >= 11 is 0. The molecule has 0 heterocycles. The molecule has 0 aliphatic heterocycles. The minimum atomic E-state index is -4.23. The molecule has 0 bridgehead atoms. The van der Waals surface area contributed by atoms with Gasteiger partial charge in [-0.25, -0.2) is 0 Å². The van der Waals surface area contributed by atoms with Crippen molar-refractivity contribution in [3.8, 4) is 5.75 Å². The van der Waals surface area contributed by atoms with Gasteiger partial charge in [0.25, 0.3) is 0 Å². The molecular formula is C13H13F3O3. The zero-order chi connectivity index (χ0) is 14.0. The van der Waals surface area contributed by atoms with Crippen molar-refractivity contribution in [3.63, 3.8) is 0 Å². The lowest BCUT2D eigenvalue weighted by Gasteiger charge is -2.09. The minimum Gasteiger partial charge on any atom is -0.493 e. The number of ether oxygens (including phenoxy) is 1. The van der Waals surface area contributed by atoms with Crippen LogP contribution in [0, 0.1) is 5.92 Å². The maximum Gasteiger partial charge on any atom is 0.392 e. The van der Waals surface area contributed by atoms with Gasteiger partial charge in [0.15, 0.2) is 0 Å². The molecule has 0 spiro atoms. The molecule has 1 aromatic rings. The second-order valence-electron chi connectivity index (χ2n) is 4.57. The van der Waals surface area contributed by atoms with Crippen LogP contribution in [0.1, 0.15) is 24.3 Å². The Balaban J connectivity index is 1.91. The Bertz CT molecular complexity index is 470. The van der Waals surface area contributed by atoms with Gasteiger partial charge in [0.2, 0.25) is 0 Å². The fraction of sp³-hybridized carbons (Fsp3) is 0.462. The van der Waals surface area contributed by atoms with E-state index >= 15 is 0 Å². The van der Waals surface area contributed by atoms with Gasteiger partial charge in [0, 0.05) is 0 Å². The highest BCUT2D eigenvalue weighted by molar-refractivity contribution is 5.75. The third kappa shape index (κ3) is 3.87. The maximum absolute atomic E-state index is 12.0. The normalized spacial score (nSPS) is 22.1. The zero-order valence-electron chi connectivity index (χ0n) is 9.98. The Morgan fingerprint density at radius 2 is 2.16 bits per heavy atom. The van der Waals surface area contributed by atoms with E-state index in [1.807, 2.05) is 0 Å². The first-order valence-corrected chi connectivity index (χ1v) is 5.89. The third-order valence-electron chi connectivity index (χ3n) is 3.05. The van der Waals surface area contributed by atoms with Crippen LogP contribution in [0.2, 0.25) is 0 Å². The van der Waals surface area contributed by atoms with E-state index in [4.69, 9.17) is 9.84 Å². The Hall–Kier alpha value is -1.72. The van der Waals surface area contributed by atoms with E-state index in [1.54, 1.807) is 24.3 Å². The van der Waals surface area contributed by atoms with Gasteiger partial charge in [-0.2, -0.15) is 13.2 Å². The Morgan fingerprint density at radius 3 is 2.74 bits per heavy atom. The number of carboxylic acid groups (broad SMARTS) is 1. The van der Waals surface area contributed by atoms with Gasteiger partial charge >= 0.3 is 12.1 Å². The molecule has 1 N–H and O–H groups in total. The van der Waals surface area contributed by atoms with Gasteiger partial charge in [-0.15, -0.1) is 0 Å². The van der Waals surface area contributed by atoms with Crippen molar-refractivity contribution < 1.29 is 27.8 Å². The van der Waals surface area contributed by atoms with Crippen LogP contribution in [0.3, 0.4) is 0 Å². The summed E-state index contributed by atoms with van der Waals surface area (Å²) in [4.78, 5) is 10.8. The average Bonchev–Trinajstić information content (AvgIpc) is 3.07. The van der Waals surface area contributed by atoms with Crippen LogP contribution in [0.4, 0.5) is 13.2 Å². The third-order valence-corrected chi connectivity index (χ3v) is 3.05. The number of hydrogen-bond acceptors (Lipinski definition) is 2. The summed E-state index contributed by atoms with van der Waals surface area (Å²) in [5, 5.41) is 8.83. The SMILES string of the molecule is O=C(O)[C@H]1C[C@H]1c1cccc(OCCC(F)(F)F)c1. The molecule has 3 nitrogen and oxygen atoms in total. The molecule has 1 aliphatic carbocycles. The highest BCUT2D eigenvalue weighted by Gasteiger charge is 2.44. The summed E-state index contributed by atoms with van der Waals surface area (Å²) in [5.74, 6) is -0.930. The molecule has 104 valence electrons. The van der Waals surface area contributed by atoms with Crippen LogP contribution in [0.5, 0.6) is 5.75 Å². The average molecular weight is 274 g/mol. The number of benzene rings is 1. The van der Waals surface area contributed by atoms with Gasteiger partial charge in [-0.1, -0.05) is 12.1 Å². The summed E-state index contributed by atoms with van der Waals surface area (Å²) in [6.07, 6.45) is -4.66. The molecule has 1 aliphatic rings. The van der Waals surface area contributed by atoms with Crippen molar-refractivity contribution in [3.05, 3.63) is 29.8 Å². The first-order chi connectivity index (χ1) is 8.87. The lowest BCUT2D eigenvalue weighted by molar-refractivity contribution is -0.140. The molecule has 1 aromatic carbocycles. The Labute approximate surface area is 108 Å². The second-order valence-corrected chi connectivity index (χ2v) is 4.57.